The van der Waals surface area contributed by atoms with Crippen LogP contribution in [0.25, 0.3) is 11.2 Å². The molecule has 0 N–H and O–H groups in total. The Morgan fingerprint density at radius 2 is 2.21 bits per heavy atom. The lowest BCUT2D eigenvalue weighted by Crippen LogP contribution is -2.17. The minimum Gasteiger partial charge on any atom is -0.284 e. The van der Waals surface area contributed by atoms with Gasteiger partial charge in [-0.3, -0.25) is 4.28 Å². The summed E-state index contributed by atoms with van der Waals surface area (Å²) in [7, 11) is -3.58. The van der Waals surface area contributed by atoms with E-state index in [9.17, 15) is 8.42 Å². The molecule has 0 saturated heterocycles. The lowest BCUT2D eigenvalue weighted by Gasteiger charge is -2.01. The van der Waals surface area contributed by atoms with Crippen molar-refractivity contribution in [2.45, 2.75) is 0 Å². The third-order valence-corrected chi connectivity index (χ3v) is 1.83. The van der Waals surface area contributed by atoms with Gasteiger partial charge in [-0.1, -0.05) is 0 Å². The summed E-state index contributed by atoms with van der Waals surface area (Å²) in [5, 5.41) is 0. The molecule has 0 radical (unpaired) electrons. The van der Waals surface area contributed by atoms with Crippen molar-refractivity contribution in [2.75, 3.05) is 6.26 Å². The minimum atomic E-state index is -3.58. The number of imidazole rings is 1. The lowest BCUT2D eigenvalue weighted by atomic mass is 10.6. The van der Waals surface area contributed by atoms with Gasteiger partial charge < -0.3 is 0 Å². The zero-order valence-electron chi connectivity index (χ0n) is 7.15. The Labute approximate surface area is 79.5 Å². The molecule has 2 aromatic rings. The van der Waals surface area contributed by atoms with Crippen LogP contribution in [0.2, 0.25) is 0 Å². The summed E-state index contributed by atoms with van der Waals surface area (Å²) in [5.74, 6) is 0. The van der Waals surface area contributed by atoms with E-state index in [-0.39, 0.29) is 0 Å². The smallest absolute Gasteiger partial charge is 0.284 e. The van der Waals surface area contributed by atoms with Crippen LogP contribution in [0.15, 0.2) is 18.9 Å². The van der Waals surface area contributed by atoms with E-state index in [0.717, 1.165) is 11.0 Å². The van der Waals surface area contributed by atoms with E-state index < -0.39 is 10.1 Å². The first-order chi connectivity index (χ1) is 6.56. The van der Waals surface area contributed by atoms with Crippen molar-refractivity contribution in [1.29, 1.82) is 0 Å². The van der Waals surface area contributed by atoms with Gasteiger partial charge in [-0.25, -0.2) is 15.0 Å². The maximum absolute atomic E-state index is 10.8. The van der Waals surface area contributed by atoms with Crippen LogP contribution in [0.4, 0.5) is 0 Å². The molecule has 0 atom stereocenters. The van der Waals surface area contributed by atoms with Crippen LogP contribution in [0.1, 0.15) is 0 Å². The van der Waals surface area contributed by atoms with E-state index in [1.165, 1.54) is 18.9 Å². The molecule has 14 heavy (non-hydrogen) atoms. The van der Waals surface area contributed by atoms with Crippen molar-refractivity contribution in [1.82, 2.24) is 19.7 Å². The standard InChI is InChI=1S/C6H6N4O3S/c1-14(11,12)13-10-4-9-5-2-7-3-8-6(5)10/h2-4H,1H3. The second kappa shape index (κ2) is 2.91. The largest absolute Gasteiger partial charge is 0.324 e. The van der Waals surface area contributed by atoms with Crippen molar-refractivity contribution in [3.05, 3.63) is 18.9 Å². The summed E-state index contributed by atoms with van der Waals surface area (Å²) in [6, 6.07) is 0. The van der Waals surface area contributed by atoms with Crippen LogP contribution in [0.5, 0.6) is 0 Å². The number of hydrogen-bond acceptors (Lipinski definition) is 6. The zero-order chi connectivity index (χ0) is 10.2. The van der Waals surface area contributed by atoms with Gasteiger partial charge in [0.1, 0.15) is 18.2 Å². The summed E-state index contributed by atoms with van der Waals surface area (Å²) in [6.45, 7) is 0. The van der Waals surface area contributed by atoms with Crippen LogP contribution in [-0.4, -0.2) is 34.4 Å². The molecule has 0 unspecified atom stereocenters. The first-order valence-electron chi connectivity index (χ1n) is 3.59. The van der Waals surface area contributed by atoms with Crippen LogP contribution in [0.3, 0.4) is 0 Å². The van der Waals surface area contributed by atoms with Crippen molar-refractivity contribution in [3.8, 4) is 0 Å². The fourth-order valence-corrected chi connectivity index (χ4v) is 1.35. The van der Waals surface area contributed by atoms with Crippen LogP contribution in [-0.2, 0) is 10.1 Å². The molecule has 0 bridgehead atoms. The van der Waals surface area contributed by atoms with E-state index in [2.05, 4.69) is 19.2 Å². The Morgan fingerprint density at radius 3 is 2.93 bits per heavy atom. The van der Waals surface area contributed by atoms with Crippen molar-refractivity contribution in [3.63, 3.8) is 0 Å². The molecule has 74 valence electrons. The van der Waals surface area contributed by atoms with Crippen molar-refractivity contribution < 1.29 is 12.7 Å². The molecule has 0 aliphatic heterocycles. The quantitative estimate of drug-likeness (QED) is 0.651. The fraction of sp³-hybridized carbons (Fsp3) is 0.167. The topological polar surface area (TPSA) is 87.0 Å². The van der Waals surface area contributed by atoms with Crippen LogP contribution in [0, 0.1) is 0 Å². The maximum atomic E-state index is 10.8. The number of nitrogens with zero attached hydrogens (tertiary/aromatic N) is 4. The van der Waals surface area contributed by atoms with Crippen molar-refractivity contribution >= 4 is 21.3 Å². The Kier molecular flexibility index (Phi) is 1.84. The van der Waals surface area contributed by atoms with Crippen LogP contribution < -0.4 is 4.28 Å². The first kappa shape index (κ1) is 8.88. The molecule has 2 heterocycles. The summed E-state index contributed by atoms with van der Waals surface area (Å²) >= 11 is 0. The molecular weight excluding hydrogens is 208 g/mol. The summed E-state index contributed by atoms with van der Waals surface area (Å²) < 4.78 is 27.2. The molecule has 0 aliphatic carbocycles. The number of fused-ring (bicyclic) bond motifs is 1. The minimum absolute atomic E-state index is 0.311. The van der Waals surface area contributed by atoms with E-state index in [4.69, 9.17) is 0 Å². The molecule has 2 aromatic heterocycles. The SMILES string of the molecule is CS(=O)(=O)On1cnc2cncnc21. The predicted octanol–water partition coefficient (Wildman–Crippen LogP) is -0.786. The normalized spacial score (nSPS) is 11.8. The van der Waals surface area contributed by atoms with Gasteiger partial charge in [0.2, 0.25) is 5.65 Å². The second-order valence-electron chi connectivity index (χ2n) is 2.58. The molecule has 2 rings (SSSR count). The van der Waals surface area contributed by atoms with Gasteiger partial charge in [-0.05, 0) is 0 Å². The summed E-state index contributed by atoms with van der Waals surface area (Å²) in [6.07, 6.45) is 4.91. The molecule has 8 heteroatoms. The molecule has 0 aromatic carbocycles. The first-order valence-corrected chi connectivity index (χ1v) is 5.41. The van der Waals surface area contributed by atoms with Crippen LogP contribution >= 0.6 is 0 Å². The van der Waals surface area contributed by atoms with Gasteiger partial charge in [0.05, 0.1) is 12.5 Å². The maximum Gasteiger partial charge on any atom is 0.324 e. The van der Waals surface area contributed by atoms with Gasteiger partial charge in [-0.2, -0.15) is 8.42 Å². The molecular formula is C6H6N4O3S. The highest BCUT2D eigenvalue weighted by atomic mass is 32.2. The number of hydrogen-bond donors (Lipinski definition) is 0. The Balaban J connectivity index is 2.54. The van der Waals surface area contributed by atoms with Gasteiger partial charge in [0.25, 0.3) is 0 Å². The molecule has 0 fully saturated rings. The average molecular weight is 214 g/mol. The Hall–Kier alpha value is -1.70. The number of rotatable bonds is 2. The van der Waals surface area contributed by atoms with Crippen molar-refractivity contribution in [2.24, 2.45) is 0 Å². The predicted molar refractivity (Wildman–Crippen MR) is 46.7 cm³/mol. The molecule has 0 aliphatic rings. The highest BCUT2D eigenvalue weighted by Gasteiger charge is 2.09. The van der Waals surface area contributed by atoms with E-state index in [1.807, 2.05) is 0 Å². The van der Waals surface area contributed by atoms with Gasteiger partial charge >= 0.3 is 10.1 Å². The average Bonchev–Trinajstić information content (AvgIpc) is 2.47. The van der Waals surface area contributed by atoms with Gasteiger partial charge in [0.15, 0.2) is 0 Å². The number of aromatic nitrogens is 4. The second-order valence-corrected chi connectivity index (χ2v) is 4.14. The Bertz CT molecular complexity index is 561. The van der Waals surface area contributed by atoms with Gasteiger partial charge in [0, 0.05) is 0 Å². The third kappa shape index (κ3) is 1.64. The lowest BCUT2D eigenvalue weighted by molar-refractivity contribution is 0.291. The summed E-state index contributed by atoms with van der Waals surface area (Å²) in [4.78, 5) is 11.4. The molecule has 0 amide bonds. The zero-order valence-corrected chi connectivity index (χ0v) is 7.97. The van der Waals surface area contributed by atoms with E-state index in [1.54, 1.807) is 0 Å². The third-order valence-electron chi connectivity index (χ3n) is 1.40. The molecule has 7 nitrogen and oxygen atoms in total. The molecule has 0 saturated carbocycles. The highest BCUT2D eigenvalue weighted by molar-refractivity contribution is 7.86. The monoisotopic (exact) mass is 214 g/mol. The fourth-order valence-electron chi connectivity index (χ4n) is 0.946. The van der Waals surface area contributed by atoms with E-state index in [0.29, 0.717) is 11.2 Å². The Morgan fingerprint density at radius 1 is 1.43 bits per heavy atom. The summed E-state index contributed by atoms with van der Waals surface area (Å²) in [5.41, 5.74) is 0.779. The van der Waals surface area contributed by atoms with Gasteiger partial charge in [-0.15, -0.1) is 4.73 Å². The van der Waals surface area contributed by atoms with E-state index >= 15 is 0 Å². The highest BCUT2D eigenvalue weighted by Crippen LogP contribution is 2.05. The molecule has 0 spiro atoms.